The van der Waals surface area contributed by atoms with E-state index in [1.54, 1.807) is 18.1 Å². The second-order valence-corrected chi connectivity index (χ2v) is 5.21. The van der Waals surface area contributed by atoms with Crippen molar-refractivity contribution < 1.29 is 9.47 Å². The Kier molecular flexibility index (Phi) is 4.17. The summed E-state index contributed by atoms with van der Waals surface area (Å²) in [5.41, 5.74) is 0.771. The highest BCUT2D eigenvalue weighted by Gasteiger charge is 2.32. The molecule has 1 N–H and O–H groups in total. The summed E-state index contributed by atoms with van der Waals surface area (Å²) >= 11 is 0. The molecule has 0 spiro atoms. The maximum absolute atomic E-state index is 5.69. The second-order valence-electron chi connectivity index (χ2n) is 5.21. The monoisotopic (exact) mass is 288 g/mol. The average Bonchev–Trinajstić information content (AvgIpc) is 3.04. The van der Waals surface area contributed by atoms with Gasteiger partial charge in [0.1, 0.15) is 0 Å². The van der Waals surface area contributed by atoms with Gasteiger partial charge in [0.25, 0.3) is 0 Å². The first kappa shape index (κ1) is 14.0. The van der Waals surface area contributed by atoms with Crippen LogP contribution in [0.15, 0.2) is 36.5 Å². The van der Waals surface area contributed by atoms with Crippen LogP contribution in [0, 0.1) is 0 Å². The zero-order valence-electron chi connectivity index (χ0n) is 12.2. The largest absolute Gasteiger partial charge is 0.381 e. The number of para-hydroxylation sites is 1. The fourth-order valence-corrected chi connectivity index (χ4v) is 2.48. The lowest BCUT2D eigenvalue weighted by Crippen LogP contribution is -2.44. The number of methoxy groups -OCH3 is 1. The van der Waals surface area contributed by atoms with Crippen LogP contribution in [0.1, 0.15) is 12.8 Å². The first-order valence-corrected chi connectivity index (χ1v) is 7.16. The van der Waals surface area contributed by atoms with Gasteiger partial charge in [-0.25, -0.2) is 0 Å². The molecular weight excluding hydrogens is 268 g/mol. The number of rotatable bonds is 5. The molecule has 3 rings (SSSR count). The van der Waals surface area contributed by atoms with Gasteiger partial charge in [0.15, 0.2) is 5.82 Å². The summed E-state index contributed by atoms with van der Waals surface area (Å²) < 4.78 is 11.1. The standard InChI is InChI=1S/C15H20N4O2/c1-20-15(7-9-21-10-8-15)12-16-14-11-17-19(18-14)13-5-3-2-4-6-13/h2-6,11H,7-10,12H2,1H3,(H,16,18). The van der Waals surface area contributed by atoms with Gasteiger partial charge in [-0.15, -0.1) is 9.90 Å². The molecule has 0 aliphatic carbocycles. The van der Waals surface area contributed by atoms with Crippen molar-refractivity contribution in [1.82, 2.24) is 15.0 Å². The van der Waals surface area contributed by atoms with E-state index >= 15 is 0 Å². The number of aromatic nitrogens is 3. The van der Waals surface area contributed by atoms with Gasteiger partial charge in [-0.3, -0.25) is 0 Å². The van der Waals surface area contributed by atoms with Crippen molar-refractivity contribution >= 4 is 5.82 Å². The zero-order chi connectivity index (χ0) is 14.5. The van der Waals surface area contributed by atoms with E-state index in [9.17, 15) is 0 Å². The summed E-state index contributed by atoms with van der Waals surface area (Å²) in [7, 11) is 1.76. The minimum atomic E-state index is -0.172. The Morgan fingerprint density at radius 3 is 2.76 bits per heavy atom. The zero-order valence-corrected chi connectivity index (χ0v) is 12.2. The number of hydrogen-bond acceptors (Lipinski definition) is 5. The van der Waals surface area contributed by atoms with E-state index in [0.717, 1.165) is 37.6 Å². The lowest BCUT2D eigenvalue weighted by atomic mass is 9.94. The SMILES string of the molecule is COC1(CNc2cnn(-c3ccccc3)n2)CCOCC1. The third-order valence-electron chi connectivity index (χ3n) is 3.91. The Morgan fingerprint density at radius 1 is 1.29 bits per heavy atom. The predicted octanol–water partition coefficient (Wildman–Crippen LogP) is 1.87. The summed E-state index contributed by atoms with van der Waals surface area (Å²) in [6, 6.07) is 9.85. The molecule has 1 saturated heterocycles. The maximum Gasteiger partial charge on any atom is 0.169 e. The molecule has 21 heavy (non-hydrogen) atoms. The number of anilines is 1. The van der Waals surface area contributed by atoms with Crippen LogP contribution in [-0.2, 0) is 9.47 Å². The van der Waals surface area contributed by atoms with E-state index in [0.29, 0.717) is 6.54 Å². The maximum atomic E-state index is 5.69. The summed E-state index contributed by atoms with van der Waals surface area (Å²) in [5.74, 6) is 0.752. The quantitative estimate of drug-likeness (QED) is 0.910. The van der Waals surface area contributed by atoms with Crippen molar-refractivity contribution in [2.45, 2.75) is 18.4 Å². The van der Waals surface area contributed by atoms with Crippen molar-refractivity contribution in [3.05, 3.63) is 36.5 Å². The van der Waals surface area contributed by atoms with Crippen molar-refractivity contribution in [2.75, 3.05) is 32.2 Å². The van der Waals surface area contributed by atoms with Crippen LogP contribution in [0.25, 0.3) is 5.69 Å². The Balaban J connectivity index is 1.65. The van der Waals surface area contributed by atoms with Gasteiger partial charge >= 0.3 is 0 Å². The van der Waals surface area contributed by atoms with Crippen LogP contribution in [0.4, 0.5) is 5.82 Å². The third-order valence-corrected chi connectivity index (χ3v) is 3.91. The molecule has 2 aromatic rings. The van der Waals surface area contributed by atoms with Gasteiger partial charge in [-0.2, -0.15) is 5.10 Å². The first-order chi connectivity index (χ1) is 10.3. The summed E-state index contributed by atoms with van der Waals surface area (Å²) in [5, 5.41) is 12.0. The fraction of sp³-hybridized carbons (Fsp3) is 0.467. The molecule has 2 heterocycles. The molecule has 1 aliphatic rings. The lowest BCUT2D eigenvalue weighted by Gasteiger charge is -2.35. The number of nitrogens with one attached hydrogen (secondary N) is 1. The third kappa shape index (κ3) is 3.22. The molecule has 1 aromatic heterocycles. The van der Waals surface area contributed by atoms with E-state index in [-0.39, 0.29) is 5.60 Å². The van der Waals surface area contributed by atoms with Gasteiger partial charge in [-0.1, -0.05) is 18.2 Å². The summed E-state index contributed by atoms with van der Waals surface area (Å²) in [4.78, 5) is 1.62. The molecule has 0 bridgehead atoms. The summed E-state index contributed by atoms with van der Waals surface area (Å²) in [6.45, 7) is 2.19. The molecule has 1 aliphatic heterocycles. The number of ether oxygens (including phenoxy) is 2. The normalized spacial score (nSPS) is 17.6. The molecule has 6 nitrogen and oxygen atoms in total. The Hall–Kier alpha value is -1.92. The van der Waals surface area contributed by atoms with Crippen LogP contribution in [0.5, 0.6) is 0 Å². The van der Waals surface area contributed by atoms with Crippen LogP contribution in [0.3, 0.4) is 0 Å². The summed E-state index contributed by atoms with van der Waals surface area (Å²) in [6.07, 6.45) is 3.52. The molecule has 0 atom stereocenters. The number of hydrogen-bond donors (Lipinski definition) is 1. The molecular formula is C15H20N4O2. The van der Waals surface area contributed by atoms with Crippen LogP contribution in [-0.4, -0.2) is 47.5 Å². The highest BCUT2D eigenvalue weighted by Crippen LogP contribution is 2.24. The van der Waals surface area contributed by atoms with Crippen LogP contribution in [0.2, 0.25) is 0 Å². The molecule has 0 radical (unpaired) electrons. The second kappa shape index (κ2) is 6.24. The van der Waals surface area contributed by atoms with Crippen LogP contribution < -0.4 is 5.32 Å². The molecule has 6 heteroatoms. The van der Waals surface area contributed by atoms with Gasteiger partial charge in [0, 0.05) is 39.7 Å². The van der Waals surface area contributed by atoms with Crippen molar-refractivity contribution in [1.29, 1.82) is 0 Å². The minimum Gasteiger partial charge on any atom is -0.381 e. The molecule has 0 saturated carbocycles. The Bertz CT molecular complexity index is 564. The van der Waals surface area contributed by atoms with E-state index in [1.807, 2.05) is 30.3 Å². The van der Waals surface area contributed by atoms with E-state index in [4.69, 9.17) is 9.47 Å². The van der Waals surface area contributed by atoms with Crippen molar-refractivity contribution in [3.8, 4) is 5.69 Å². The van der Waals surface area contributed by atoms with E-state index in [1.165, 1.54) is 0 Å². The van der Waals surface area contributed by atoms with E-state index in [2.05, 4.69) is 15.5 Å². The van der Waals surface area contributed by atoms with Gasteiger partial charge in [-0.05, 0) is 12.1 Å². The predicted molar refractivity (Wildman–Crippen MR) is 79.6 cm³/mol. The Morgan fingerprint density at radius 2 is 2.05 bits per heavy atom. The average molecular weight is 288 g/mol. The van der Waals surface area contributed by atoms with Gasteiger partial charge in [0.05, 0.1) is 17.5 Å². The Labute approximate surface area is 124 Å². The fourth-order valence-electron chi connectivity index (χ4n) is 2.48. The molecule has 112 valence electrons. The topological polar surface area (TPSA) is 61.2 Å². The minimum absolute atomic E-state index is 0.172. The van der Waals surface area contributed by atoms with Gasteiger partial charge < -0.3 is 14.8 Å². The van der Waals surface area contributed by atoms with E-state index < -0.39 is 0 Å². The van der Waals surface area contributed by atoms with Crippen molar-refractivity contribution in [2.24, 2.45) is 0 Å². The van der Waals surface area contributed by atoms with Gasteiger partial charge in [0.2, 0.25) is 0 Å². The smallest absolute Gasteiger partial charge is 0.169 e. The highest BCUT2D eigenvalue weighted by atomic mass is 16.5. The lowest BCUT2D eigenvalue weighted by molar-refractivity contribution is -0.0807. The van der Waals surface area contributed by atoms with Crippen molar-refractivity contribution in [3.63, 3.8) is 0 Å². The van der Waals surface area contributed by atoms with Crippen LogP contribution >= 0.6 is 0 Å². The molecule has 1 aromatic carbocycles. The molecule has 0 unspecified atom stereocenters. The molecule has 1 fully saturated rings. The highest BCUT2D eigenvalue weighted by molar-refractivity contribution is 5.34. The number of nitrogens with zero attached hydrogens (tertiary/aromatic N) is 3. The first-order valence-electron chi connectivity index (χ1n) is 7.16. The number of benzene rings is 1. The molecule has 0 amide bonds.